The van der Waals surface area contributed by atoms with Gasteiger partial charge < -0.3 is 9.64 Å². The van der Waals surface area contributed by atoms with Crippen LogP contribution >= 0.6 is 0 Å². The van der Waals surface area contributed by atoms with Gasteiger partial charge in [-0.2, -0.15) is 5.10 Å². The maximum atomic E-state index is 12.8. The number of hydrogen-bond donors (Lipinski definition) is 0. The molecule has 1 aromatic heterocycles. The number of aryl methyl sites for hydroxylation is 1. The molecule has 7 heteroatoms. The fraction of sp³-hybridized carbons (Fsp3) is 0.250. The van der Waals surface area contributed by atoms with Crippen LogP contribution in [0.5, 0.6) is 0 Å². The smallest absolute Gasteiger partial charge is 0.380 e. The average molecular weight is 419 g/mol. The molecule has 31 heavy (non-hydrogen) atoms. The molecule has 0 saturated carbocycles. The van der Waals surface area contributed by atoms with E-state index in [0.29, 0.717) is 17.9 Å². The monoisotopic (exact) mass is 419 g/mol. The summed E-state index contributed by atoms with van der Waals surface area (Å²) < 4.78 is 6.80. The number of carbonyl (C=O) groups excluding carboxylic acids is 3. The van der Waals surface area contributed by atoms with Crippen LogP contribution in [-0.2, 0) is 20.9 Å². The van der Waals surface area contributed by atoms with Crippen LogP contribution in [0.25, 0.3) is 5.69 Å². The number of Topliss-reactive ketones (excluding diaryl/α,β-unsaturated/α-hetero) is 1. The van der Waals surface area contributed by atoms with Crippen molar-refractivity contribution in [2.24, 2.45) is 0 Å². The van der Waals surface area contributed by atoms with Gasteiger partial charge in [0, 0.05) is 13.6 Å². The van der Waals surface area contributed by atoms with Gasteiger partial charge in [-0.25, -0.2) is 9.48 Å². The van der Waals surface area contributed by atoms with Gasteiger partial charge >= 0.3 is 5.97 Å². The number of hydrogen-bond acceptors (Lipinski definition) is 5. The Morgan fingerprint density at radius 3 is 2.19 bits per heavy atom. The molecule has 7 nitrogen and oxygen atoms in total. The van der Waals surface area contributed by atoms with Crippen molar-refractivity contribution in [2.75, 3.05) is 7.05 Å². The molecule has 0 bridgehead atoms. The average Bonchev–Trinajstić information content (AvgIpc) is 3.07. The third kappa shape index (κ3) is 4.88. The highest BCUT2D eigenvalue weighted by Gasteiger charge is 2.30. The SMILES string of the molecule is Cc1nn(-c2ccccc2)c(C)c1C(=O)C(=O)OC(C)C(=O)N(C)Cc1ccccc1. The molecule has 1 atom stereocenters. The van der Waals surface area contributed by atoms with Crippen molar-refractivity contribution in [2.45, 2.75) is 33.4 Å². The van der Waals surface area contributed by atoms with E-state index in [1.165, 1.54) is 11.8 Å². The second-order valence-electron chi connectivity index (χ2n) is 7.35. The summed E-state index contributed by atoms with van der Waals surface area (Å²) in [7, 11) is 1.62. The molecule has 0 radical (unpaired) electrons. The van der Waals surface area contributed by atoms with Gasteiger partial charge in [-0.05, 0) is 38.5 Å². The van der Waals surface area contributed by atoms with Gasteiger partial charge in [0.05, 0.1) is 22.6 Å². The van der Waals surface area contributed by atoms with Crippen molar-refractivity contribution in [3.63, 3.8) is 0 Å². The van der Waals surface area contributed by atoms with Crippen molar-refractivity contribution < 1.29 is 19.1 Å². The second kappa shape index (κ2) is 9.38. The fourth-order valence-electron chi connectivity index (χ4n) is 3.40. The minimum atomic E-state index is -1.09. The van der Waals surface area contributed by atoms with Crippen LogP contribution in [-0.4, -0.2) is 45.5 Å². The Kier molecular flexibility index (Phi) is 6.65. The molecule has 2 aromatic carbocycles. The third-order valence-electron chi connectivity index (χ3n) is 4.97. The molecular weight excluding hydrogens is 394 g/mol. The lowest BCUT2D eigenvalue weighted by molar-refractivity contribution is -0.154. The van der Waals surface area contributed by atoms with E-state index in [1.54, 1.807) is 25.6 Å². The molecule has 0 N–H and O–H groups in total. The molecule has 1 amide bonds. The van der Waals surface area contributed by atoms with Crippen LogP contribution in [0.3, 0.4) is 0 Å². The minimum Gasteiger partial charge on any atom is -0.447 e. The lowest BCUT2D eigenvalue weighted by Gasteiger charge is -2.21. The van der Waals surface area contributed by atoms with Gasteiger partial charge in [0.25, 0.3) is 11.7 Å². The van der Waals surface area contributed by atoms with E-state index in [9.17, 15) is 14.4 Å². The minimum absolute atomic E-state index is 0.186. The zero-order valence-electron chi connectivity index (χ0n) is 18.0. The van der Waals surface area contributed by atoms with Crippen LogP contribution < -0.4 is 0 Å². The third-order valence-corrected chi connectivity index (χ3v) is 4.97. The first-order valence-corrected chi connectivity index (χ1v) is 9.95. The molecule has 0 aliphatic heterocycles. The van der Waals surface area contributed by atoms with Crippen LogP contribution in [0.15, 0.2) is 60.7 Å². The molecule has 3 aromatic rings. The summed E-state index contributed by atoms with van der Waals surface area (Å²) in [5, 5.41) is 4.39. The quantitative estimate of drug-likeness (QED) is 0.334. The maximum absolute atomic E-state index is 12.8. The van der Waals surface area contributed by atoms with E-state index in [4.69, 9.17) is 4.74 Å². The van der Waals surface area contributed by atoms with Gasteiger partial charge in [0.1, 0.15) is 0 Å². The number of likely N-dealkylation sites (N-methyl/N-ethyl adjacent to an activating group) is 1. The molecule has 1 heterocycles. The number of ketones is 1. The predicted octanol–water partition coefficient (Wildman–Crippen LogP) is 3.26. The highest BCUT2D eigenvalue weighted by molar-refractivity contribution is 6.41. The molecule has 160 valence electrons. The summed E-state index contributed by atoms with van der Waals surface area (Å²) in [5.41, 5.74) is 2.87. The van der Waals surface area contributed by atoms with Gasteiger partial charge in [0.2, 0.25) is 0 Å². The van der Waals surface area contributed by atoms with Gasteiger partial charge in [-0.3, -0.25) is 9.59 Å². The Bertz CT molecular complexity index is 1090. The maximum Gasteiger partial charge on any atom is 0.380 e. The number of amides is 1. The summed E-state index contributed by atoms with van der Waals surface area (Å²) in [6.07, 6.45) is -1.09. The molecule has 0 fully saturated rings. The Labute approximate surface area is 181 Å². The van der Waals surface area contributed by atoms with Crippen molar-refractivity contribution in [1.82, 2.24) is 14.7 Å². The Morgan fingerprint density at radius 2 is 1.58 bits per heavy atom. The van der Waals surface area contributed by atoms with E-state index in [-0.39, 0.29) is 5.56 Å². The zero-order chi connectivity index (χ0) is 22.5. The van der Waals surface area contributed by atoms with Crippen molar-refractivity contribution >= 4 is 17.7 Å². The highest BCUT2D eigenvalue weighted by Crippen LogP contribution is 2.19. The Morgan fingerprint density at radius 1 is 1.00 bits per heavy atom. The fourth-order valence-corrected chi connectivity index (χ4v) is 3.40. The number of carbonyl (C=O) groups is 3. The Hall–Kier alpha value is -3.74. The summed E-state index contributed by atoms with van der Waals surface area (Å²) in [6, 6.07) is 18.8. The van der Waals surface area contributed by atoms with Gasteiger partial charge in [0.15, 0.2) is 6.10 Å². The number of para-hydroxylation sites is 1. The lowest BCUT2D eigenvalue weighted by Crippen LogP contribution is -2.38. The molecule has 0 aliphatic carbocycles. The zero-order valence-corrected chi connectivity index (χ0v) is 18.0. The molecule has 0 saturated heterocycles. The van der Waals surface area contributed by atoms with Crippen molar-refractivity contribution in [1.29, 1.82) is 0 Å². The van der Waals surface area contributed by atoms with Crippen LogP contribution in [0.4, 0.5) is 0 Å². The first-order chi connectivity index (χ1) is 14.8. The molecule has 0 spiro atoms. The van der Waals surface area contributed by atoms with E-state index < -0.39 is 23.8 Å². The second-order valence-corrected chi connectivity index (χ2v) is 7.35. The number of aromatic nitrogens is 2. The number of benzene rings is 2. The largest absolute Gasteiger partial charge is 0.447 e. The van der Waals surface area contributed by atoms with Gasteiger partial charge in [-0.1, -0.05) is 48.5 Å². The first-order valence-electron chi connectivity index (χ1n) is 9.95. The van der Waals surface area contributed by atoms with E-state index >= 15 is 0 Å². The molecule has 1 unspecified atom stereocenters. The molecular formula is C24H25N3O4. The first kappa shape index (κ1) is 22.0. The van der Waals surface area contributed by atoms with E-state index in [2.05, 4.69) is 5.10 Å². The standard InChI is InChI=1S/C24H25N3O4/c1-16-21(17(2)27(25-16)20-13-9-6-10-14-20)22(28)24(30)31-18(3)23(29)26(4)15-19-11-7-5-8-12-19/h5-14,18H,15H2,1-4H3. The van der Waals surface area contributed by atoms with Crippen LogP contribution in [0, 0.1) is 13.8 Å². The van der Waals surface area contributed by atoms with Crippen LogP contribution in [0.1, 0.15) is 34.2 Å². The van der Waals surface area contributed by atoms with E-state index in [0.717, 1.165) is 11.3 Å². The highest BCUT2D eigenvalue weighted by atomic mass is 16.6. The van der Waals surface area contributed by atoms with Gasteiger partial charge in [-0.15, -0.1) is 0 Å². The topological polar surface area (TPSA) is 81.5 Å². The van der Waals surface area contributed by atoms with Crippen LogP contribution in [0.2, 0.25) is 0 Å². The van der Waals surface area contributed by atoms with E-state index in [1.807, 2.05) is 60.7 Å². The summed E-state index contributed by atoms with van der Waals surface area (Å²) in [4.78, 5) is 39.4. The number of nitrogens with zero attached hydrogens (tertiary/aromatic N) is 3. The molecule has 3 rings (SSSR count). The summed E-state index contributed by atoms with van der Waals surface area (Å²) in [6.45, 7) is 5.21. The van der Waals surface area contributed by atoms with Crippen molar-refractivity contribution in [3.8, 4) is 5.69 Å². The lowest BCUT2D eigenvalue weighted by atomic mass is 10.1. The number of rotatable bonds is 7. The predicted molar refractivity (Wildman–Crippen MR) is 116 cm³/mol. The normalized spacial score (nSPS) is 11.6. The number of ether oxygens (including phenoxy) is 1. The summed E-state index contributed by atoms with van der Waals surface area (Å²) in [5.74, 6) is -2.28. The number of esters is 1. The Balaban J connectivity index is 1.70. The summed E-state index contributed by atoms with van der Waals surface area (Å²) >= 11 is 0. The van der Waals surface area contributed by atoms with Crippen molar-refractivity contribution in [3.05, 3.63) is 83.2 Å². The molecule has 0 aliphatic rings.